The molecule has 1 saturated heterocycles. The maximum absolute atomic E-state index is 11.8. The highest BCUT2D eigenvalue weighted by Crippen LogP contribution is 2.26. The van der Waals surface area contributed by atoms with Crippen LogP contribution in [-0.2, 0) is 11.2 Å². The number of hydrogen-bond donors (Lipinski definition) is 2. The van der Waals surface area contributed by atoms with Crippen molar-refractivity contribution in [2.24, 2.45) is 0 Å². The van der Waals surface area contributed by atoms with Gasteiger partial charge in [-0.05, 0) is 12.2 Å². The smallest absolute Gasteiger partial charge is 0.226 e. The van der Waals surface area contributed by atoms with E-state index in [-0.39, 0.29) is 12.3 Å². The van der Waals surface area contributed by atoms with Gasteiger partial charge in [0.25, 0.3) is 0 Å². The molecular formula is C12H15N3O2S2. The Morgan fingerprint density at radius 2 is 2.53 bits per heavy atom. The second-order valence-electron chi connectivity index (χ2n) is 4.81. The van der Waals surface area contributed by atoms with Crippen LogP contribution in [0.25, 0.3) is 4.96 Å². The Morgan fingerprint density at radius 3 is 3.26 bits per heavy atom. The molecule has 1 amide bonds. The SMILES string of the molecule is O=C(Cc1cn2ccsc2n1)NCC1(O)CCSC1. The fraction of sp³-hybridized carbons (Fsp3) is 0.500. The van der Waals surface area contributed by atoms with Crippen LogP contribution in [0.2, 0.25) is 0 Å². The number of thioether (sulfide) groups is 1. The Hall–Kier alpha value is -1.05. The summed E-state index contributed by atoms with van der Waals surface area (Å²) in [6.45, 7) is 0.334. The highest BCUT2D eigenvalue weighted by molar-refractivity contribution is 7.99. The van der Waals surface area contributed by atoms with Gasteiger partial charge in [-0.3, -0.25) is 9.20 Å². The standard InChI is InChI=1S/C12H15N3O2S2/c16-10(13-7-12(17)1-3-18-8-12)5-9-6-15-2-4-19-11(15)14-9/h2,4,6,17H,1,3,5,7-8H2,(H,13,16). The van der Waals surface area contributed by atoms with Crippen molar-refractivity contribution in [1.29, 1.82) is 0 Å². The zero-order valence-electron chi connectivity index (χ0n) is 10.3. The molecule has 2 aromatic heterocycles. The van der Waals surface area contributed by atoms with Crippen molar-refractivity contribution in [3.8, 4) is 0 Å². The van der Waals surface area contributed by atoms with E-state index < -0.39 is 5.60 Å². The van der Waals surface area contributed by atoms with Crippen molar-refractivity contribution in [1.82, 2.24) is 14.7 Å². The number of carbonyl (C=O) groups excluding carboxylic acids is 1. The van der Waals surface area contributed by atoms with Crippen LogP contribution in [0, 0.1) is 0 Å². The number of amides is 1. The predicted molar refractivity (Wildman–Crippen MR) is 76.7 cm³/mol. The van der Waals surface area contributed by atoms with Crippen molar-refractivity contribution in [3.05, 3.63) is 23.5 Å². The minimum Gasteiger partial charge on any atom is -0.387 e. The molecule has 7 heteroatoms. The molecule has 19 heavy (non-hydrogen) atoms. The molecule has 1 aliphatic heterocycles. The normalized spacial score (nSPS) is 23.0. The first-order valence-electron chi connectivity index (χ1n) is 6.13. The van der Waals surface area contributed by atoms with E-state index in [1.54, 1.807) is 23.1 Å². The van der Waals surface area contributed by atoms with E-state index >= 15 is 0 Å². The van der Waals surface area contributed by atoms with Gasteiger partial charge in [0.1, 0.15) is 0 Å². The molecule has 0 aliphatic carbocycles. The third-order valence-corrected chi connectivity index (χ3v) is 5.19. The van der Waals surface area contributed by atoms with Crippen molar-refractivity contribution in [3.63, 3.8) is 0 Å². The molecule has 1 fully saturated rings. The van der Waals surface area contributed by atoms with Gasteiger partial charge in [-0.15, -0.1) is 11.3 Å². The topological polar surface area (TPSA) is 66.6 Å². The first-order chi connectivity index (χ1) is 9.15. The van der Waals surface area contributed by atoms with Gasteiger partial charge < -0.3 is 10.4 Å². The number of hydrogen-bond acceptors (Lipinski definition) is 5. The Morgan fingerprint density at radius 1 is 1.63 bits per heavy atom. The van der Waals surface area contributed by atoms with Gasteiger partial charge in [-0.1, -0.05) is 0 Å². The molecule has 0 bridgehead atoms. The van der Waals surface area contributed by atoms with Crippen LogP contribution >= 0.6 is 23.1 Å². The Bertz CT molecular complexity index is 558. The number of rotatable bonds is 4. The molecule has 102 valence electrons. The maximum atomic E-state index is 11.8. The second-order valence-corrected chi connectivity index (χ2v) is 6.78. The molecule has 1 aliphatic rings. The summed E-state index contributed by atoms with van der Waals surface area (Å²) in [6.07, 6.45) is 4.80. The van der Waals surface area contributed by atoms with Crippen molar-refractivity contribution in [2.75, 3.05) is 18.1 Å². The van der Waals surface area contributed by atoms with E-state index in [0.29, 0.717) is 12.3 Å². The molecule has 0 aromatic carbocycles. The molecule has 0 radical (unpaired) electrons. The summed E-state index contributed by atoms with van der Waals surface area (Å²) in [5.41, 5.74) is 0.0339. The molecule has 0 saturated carbocycles. The Balaban J connectivity index is 1.55. The van der Waals surface area contributed by atoms with Crippen LogP contribution in [0.5, 0.6) is 0 Å². The molecule has 2 N–H and O–H groups in total. The Kier molecular flexibility index (Phi) is 3.51. The van der Waals surface area contributed by atoms with Crippen LogP contribution in [0.3, 0.4) is 0 Å². The molecule has 1 unspecified atom stereocenters. The van der Waals surface area contributed by atoms with Gasteiger partial charge in [0.05, 0.1) is 17.7 Å². The summed E-state index contributed by atoms with van der Waals surface area (Å²) in [7, 11) is 0. The molecule has 3 heterocycles. The van der Waals surface area contributed by atoms with E-state index in [0.717, 1.165) is 22.8 Å². The first-order valence-corrected chi connectivity index (χ1v) is 8.16. The quantitative estimate of drug-likeness (QED) is 0.881. The van der Waals surface area contributed by atoms with Crippen LogP contribution < -0.4 is 5.32 Å². The summed E-state index contributed by atoms with van der Waals surface area (Å²) >= 11 is 3.27. The summed E-state index contributed by atoms with van der Waals surface area (Å²) in [5, 5.41) is 14.9. The summed E-state index contributed by atoms with van der Waals surface area (Å²) in [6, 6.07) is 0. The van der Waals surface area contributed by atoms with Crippen LogP contribution in [0.4, 0.5) is 0 Å². The lowest BCUT2D eigenvalue weighted by Crippen LogP contribution is -2.43. The number of fused-ring (bicyclic) bond motifs is 1. The monoisotopic (exact) mass is 297 g/mol. The number of thiazole rings is 1. The van der Waals surface area contributed by atoms with Crippen molar-refractivity contribution < 1.29 is 9.90 Å². The van der Waals surface area contributed by atoms with E-state index in [9.17, 15) is 9.90 Å². The van der Waals surface area contributed by atoms with E-state index in [1.165, 1.54) is 0 Å². The third-order valence-electron chi connectivity index (χ3n) is 3.18. The molecular weight excluding hydrogens is 282 g/mol. The lowest BCUT2D eigenvalue weighted by molar-refractivity contribution is -0.121. The van der Waals surface area contributed by atoms with Gasteiger partial charge in [0.2, 0.25) is 5.91 Å². The van der Waals surface area contributed by atoms with Crippen molar-refractivity contribution in [2.45, 2.75) is 18.4 Å². The highest BCUT2D eigenvalue weighted by atomic mass is 32.2. The van der Waals surface area contributed by atoms with Crippen LogP contribution in [0.15, 0.2) is 17.8 Å². The second kappa shape index (κ2) is 5.15. The summed E-state index contributed by atoms with van der Waals surface area (Å²) in [5.74, 6) is 1.58. The zero-order valence-corrected chi connectivity index (χ0v) is 12.0. The predicted octanol–water partition coefficient (Wildman–Crippen LogP) is 0.923. The van der Waals surface area contributed by atoms with E-state index in [2.05, 4.69) is 10.3 Å². The van der Waals surface area contributed by atoms with Gasteiger partial charge in [0, 0.05) is 30.1 Å². The minimum absolute atomic E-state index is 0.0870. The third kappa shape index (κ3) is 2.93. The zero-order chi connectivity index (χ0) is 13.3. The highest BCUT2D eigenvalue weighted by Gasteiger charge is 2.31. The van der Waals surface area contributed by atoms with Gasteiger partial charge in [0.15, 0.2) is 4.96 Å². The van der Waals surface area contributed by atoms with Gasteiger partial charge in [-0.25, -0.2) is 4.98 Å². The number of imidazole rings is 1. The van der Waals surface area contributed by atoms with Gasteiger partial charge in [-0.2, -0.15) is 11.8 Å². The van der Waals surface area contributed by atoms with Crippen LogP contribution in [0.1, 0.15) is 12.1 Å². The molecule has 1 atom stereocenters. The molecule has 3 rings (SSSR count). The Labute approximate surface area is 119 Å². The molecule has 5 nitrogen and oxygen atoms in total. The number of nitrogens with one attached hydrogen (secondary N) is 1. The average Bonchev–Trinajstić information content (AvgIpc) is 3.03. The molecule has 2 aromatic rings. The fourth-order valence-corrected chi connectivity index (χ4v) is 4.10. The lowest BCUT2D eigenvalue weighted by Gasteiger charge is -2.21. The largest absolute Gasteiger partial charge is 0.387 e. The number of aromatic nitrogens is 2. The summed E-state index contributed by atoms with van der Waals surface area (Å²) in [4.78, 5) is 17.1. The number of carbonyl (C=O) groups is 1. The van der Waals surface area contributed by atoms with Gasteiger partial charge >= 0.3 is 0 Å². The minimum atomic E-state index is -0.727. The van der Waals surface area contributed by atoms with E-state index in [1.807, 2.05) is 22.2 Å². The van der Waals surface area contributed by atoms with E-state index in [4.69, 9.17) is 0 Å². The summed E-state index contributed by atoms with van der Waals surface area (Å²) < 4.78 is 1.91. The van der Waals surface area contributed by atoms with Crippen LogP contribution in [-0.4, -0.2) is 44.0 Å². The van der Waals surface area contributed by atoms with Crippen molar-refractivity contribution >= 4 is 34.0 Å². The average molecular weight is 297 g/mol. The maximum Gasteiger partial charge on any atom is 0.226 e. The number of aliphatic hydroxyl groups is 1. The molecule has 0 spiro atoms. The fourth-order valence-electron chi connectivity index (χ4n) is 2.09. The number of nitrogens with zero attached hydrogens (tertiary/aromatic N) is 2. The lowest BCUT2D eigenvalue weighted by atomic mass is 10.0. The first kappa shape index (κ1) is 13.0.